The molecule has 0 saturated carbocycles. The predicted octanol–water partition coefficient (Wildman–Crippen LogP) is 12.2. The number of ether oxygens (including phenoxy) is 6. The van der Waals surface area contributed by atoms with Crippen LogP contribution in [0.25, 0.3) is 43.0 Å². The normalized spacial score (nSPS) is 22.7. The smallest absolute Gasteiger partial charge is 0.411 e. The van der Waals surface area contributed by atoms with E-state index in [0.717, 1.165) is 11.1 Å². The second kappa shape index (κ2) is 25.4. The Balaban J connectivity index is 0.000000144. The van der Waals surface area contributed by atoms with Gasteiger partial charge in [-0.05, 0) is 109 Å². The van der Waals surface area contributed by atoms with Crippen molar-refractivity contribution in [1.82, 2.24) is 39.5 Å². The summed E-state index contributed by atoms with van der Waals surface area (Å²) in [6.45, 7) is 8.10. The number of hydrogen-bond donors (Lipinski definition) is 3. The largest absolute Gasteiger partial charge is 0.525 e. The van der Waals surface area contributed by atoms with Gasteiger partial charge in [-0.15, -0.1) is 0 Å². The van der Waals surface area contributed by atoms with Crippen LogP contribution in [0.15, 0.2) is 132 Å². The van der Waals surface area contributed by atoms with Crippen molar-refractivity contribution in [3.05, 3.63) is 174 Å². The van der Waals surface area contributed by atoms with Gasteiger partial charge in [-0.2, -0.15) is 30.1 Å². The first kappa shape index (κ1) is 59.1. The molecule has 31 heteroatoms. The zero-order chi connectivity index (χ0) is 58.5. The van der Waals surface area contributed by atoms with Crippen LogP contribution in [0, 0.1) is 0 Å². The van der Waals surface area contributed by atoms with Crippen LogP contribution in [0.5, 0.6) is 11.5 Å². The number of halogens is 4. The molecule has 4 fully saturated rings. The SMILES string of the molecule is CC1(C)O[C@@H]2[C@H](O1)[C@@H](CN=[N+]=[N-])O[C@H]2n1ncc2c(NCc3ccccc3Cl)nc(Cl)nc21.CC1(C)O[C@@H]2[C@H](O1)[C@@H](CO)O[C@H]2n1ncc2c(NCc3ccccc3Cl)nc(Cl)nc21.[N-]=[N+]=NP(=O)(Oc1ccccc1)Oc1ccccc1. The summed E-state index contributed by atoms with van der Waals surface area (Å²) < 4.78 is 62.0. The Labute approximate surface area is 493 Å². The van der Waals surface area contributed by atoms with Crippen LogP contribution < -0.4 is 19.7 Å². The third-order valence-electron chi connectivity index (χ3n) is 13.0. The summed E-state index contributed by atoms with van der Waals surface area (Å²) in [5, 5.41) is 31.6. The topological polar surface area (TPSA) is 320 Å². The molecule has 0 amide bonds. The van der Waals surface area contributed by atoms with Crippen molar-refractivity contribution < 1.29 is 47.1 Å². The molecule has 4 saturated heterocycles. The Bertz CT molecular complexity index is 3700. The number of benzene rings is 4. The fourth-order valence-corrected chi connectivity index (χ4v) is 11.3. The van der Waals surface area contributed by atoms with Crippen molar-refractivity contribution in [3.63, 3.8) is 0 Å². The molecule has 8 aromatic rings. The number of anilines is 2. The average molecular weight is 1230 g/mol. The Hall–Kier alpha value is -7.09. The second-order valence-electron chi connectivity index (χ2n) is 19.5. The monoisotopic (exact) mass is 1230 g/mol. The zero-order valence-corrected chi connectivity index (χ0v) is 48.3. The molecule has 4 aromatic carbocycles. The molecule has 4 aliphatic heterocycles. The molecule has 3 N–H and O–H groups in total. The number of nitrogens with one attached hydrogen (secondary N) is 2. The van der Waals surface area contributed by atoms with Crippen LogP contribution in [-0.4, -0.2) is 106 Å². The highest BCUT2D eigenvalue weighted by Crippen LogP contribution is 2.50. The lowest BCUT2D eigenvalue weighted by Crippen LogP contribution is -2.31. The Kier molecular flexibility index (Phi) is 18.1. The zero-order valence-electron chi connectivity index (χ0n) is 44.3. The van der Waals surface area contributed by atoms with E-state index in [1.165, 1.54) is 0 Å². The van der Waals surface area contributed by atoms with Gasteiger partial charge in [-0.3, -0.25) is 0 Å². The van der Waals surface area contributed by atoms with E-state index in [9.17, 15) is 9.67 Å². The van der Waals surface area contributed by atoms with Gasteiger partial charge < -0.3 is 53.2 Å². The number of aliphatic hydroxyl groups is 1. The number of rotatable bonds is 16. The molecule has 0 unspecified atom stereocenters. The first-order valence-electron chi connectivity index (χ1n) is 25.5. The van der Waals surface area contributed by atoms with E-state index in [2.05, 4.69) is 60.6 Å². The minimum absolute atomic E-state index is 0.0509. The first-order chi connectivity index (χ1) is 39.9. The Morgan fingerprint density at radius 2 is 1.04 bits per heavy atom. The van der Waals surface area contributed by atoms with Gasteiger partial charge in [0, 0.05) is 37.8 Å². The summed E-state index contributed by atoms with van der Waals surface area (Å²) in [6, 6.07) is 31.8. The maximum absolute atomic E-state index is 12.3. The lowest BCUT2D eigenvalue weighted by atomic mass is 10.1. The standard InChI is InChI=1S/C20H20Cl2N8O3.C20H21Cl2N5O4.C12H10N3O3P/c1-20(2)32-14-13(9-25-29-23)31-18(15(14)33-20)30-17-11(8-26-30)16(27-19(22)28-17)24-7-10-5-3-4-6-12(10)21;1-20(2)30-14-13(9-28)29-18(15(14)31-20)27-17-11(8-24-27)16(25-19(22)26-17)23-7-10-5-3-4-6-12(10)21;13-14-15-19(16,17-11-7-3-1-4-8-11)18-12-9-5-2-6-10-12/h3-6,8,13-15,18H,7,9H2,1-2H3,(H,24,27,28);3-6,8,13-15,18,28H,7,9H2,1-2H3,(H,23,25,26);1-10H/t2*13-,14-,15-,18-;/m11./s1. The van der Waals surface area contributed by atoms with Gasteiger partial charge in [-0.25, -0.2) is 13.9 Å². The molecular formula is C52H51Cl4N16O10P. The number of nitrogens with zero attached hydrogens (tertiary/aromatic N) is 14. The van der Waals surface area contributed by atoms with Crippen molar-refractivity contribution in [3.8, 4) is 11.5 Å². The maximum atomic E-state index is 12.3. The van der Waals surface area contributed by atoms with Crippen molar-refractivity contribution in [2.45, 2.75) is 101 Å². The lowest BCUT2D eigenvalue weighted by Gasteiger charge is -2.24. The van der Waals surface area contributed by atoms with E-state index < -0.39 is 68.4 Å². The maximum Gasteiger partial charge on any atom is 0.525 e. The molecule has 4 aromatic heterocycles. The number of aromatic nitrogens is 8. The summed E-state index contributed by atoms with van der Waals surface area (Å²) in [7, 11) is -3.95. The van der Waals surface area contributed by atoms with E-state index >= 15 is 0 Å². The third kappa shape index (κ3) is 13.6. The summed E-state index contributed by atoms with van der Waals surface area (Å²) in [6.07, 6.45) is -0.812. The molecule has 432 valence electrons. The molecule has 12 rings (SSSR count). The minimum atomic E-state index is -3.95. The summed E-state index contributed by atoms with van der Waals surface area (Å²) in [5.41, 5.74) is 20.0. The van der Waals surface area contributed by atoms with Crippen LogP contribution in [0.2, 0.25) is 20.6 Å². The third-order valence-corrected chi connectivity index (χ3v) is 15.2. The molecule has 26 nitrogen and oxygen atoms in total. The van der Waals surface area contributed by atoms with E-state index in [1.807, 2.05) is 76.2 Å². The van der Waals surface area contributed by atoms with Gasteiger partial charge in [-0.1, -0.05) is 101 Å². The summed E-state index contributed by atoms with van der Waals surface area (Å²) in [5.74, 6) is 0.0348. The van der Waals surface area contributed by atoms with Crippen LogP contribution in [0.3, 0.4) is 0 Å². The van der Waals surface area contributed by atoms with Gasteiger partial charge in [0.15, 0.2) is 35.3 Å². The van der Waals surface area contributed by atoms with Gasteiger partial charge >= 0.3 is 7.75 Å². The summed E-state index contributed by atoms with van der Waals surface area (Å²) in [4.78, 5) is 25.9. The number of aliphatic hydroxyl groups excluding tert-OH is 1. The highest BCUT2D eigenvalue weighted by molar-refractivity contribution is 7.53. The Morgan fingerprint density at radius 1 is 0.614 bits per heavy atom. The second-order valence-corrected chi connectivity index (χ2v) is 22.5. The highest BCUT2D eigenvalue weighted by Gasteiger charge is 2.57. The summed E-state index contributed by atoms with van der Waals surface area (Å²) >= 11 is 25.0. The molecule has 0 bridgehead atoms. The highest BCUT2D eigenvalue weighted by atomic mass is 35.5. The molecule has 0 radical (unpaired) electrons. The quantitative estimate of drug-likeness (QED) is 0.0266. The fourth-order valence-electron chi connectivity index (χ4n) is 9.54. The molecule has 0 aliphatic carbocycles. The molecule has 8 atom stereocenters. The van der Waals surface area contributed by atoms with Crippen molar-refractivity contribution in [1.29, 1.82) is 0 Å². The van der Waals surface area contributed by atoms with Gasteiger partial charge in [0.1, 0.15) is 53.7 Å². The van der Waals surface area contributed by atoms with Crippen LogP contribution in [0.4, 0.5) is 11.6 Å². The average Bonchev–Trinajstić information content (AvgIpc) is 2.18. The van der Waals surface area contributed by atoms with Crippen molar-refractivity contribution in [2.24, 2.45) is 10.00 Å². The van der Waals surface area contributed by atoms with E-state index in [4.69, 9.17) is 94.9 Å². The molecular weight excluding hydrogens is 1180 g/mol. The minimum Gasteiger partial charge on any atom is -0.411 e. The van der Waals surface area contributed by atoms with Gasteiger partial charge in [0.2, 0.25) is 10.6 Å². The van der Waals surface area contributed by atoms with E-state index in [0.29, 0.717) is 68.3 Å². The van der Waals surface area contributed by atoms with Crippen molar-refractivity contribution >= 4 is 87.9 Å². The number of azide groups is 2. The molecule has 8 heterocycles. The lowest BCUT2D eigenvalue weighted by molar-refractivity contribution is -0.201. The van der Waals surface area contributed by atoms with Crippen LogP contribution in [0.1, 0.15) is 51.3 Å². The predicted molar refractivity (Wildman–Crippen MR) is 306 cm³/mol. The molecule has 83 heavy (non-hydrogen) atoms. The Morgan fingerprint density at radius 3 is 1.47 bits per heavy atom. The van der Waals surface area contributed by atoms with Crippen LogP contribution >= 0.6 is 54.2 Å². The first-order valence-corrected chi connectivity index (χ1v) is 28.5. The van der Waals surface area contributed by atoms with Crippen LogP contribution in [-0.2, 0) is 46.1 Å². The van der Waals surface area contributed by atoms with Gasteiger partial charge in [0.25, 0.3) is 0 Å². The van der Waals surface area contributed by atoms with Gasteiger partial charge in [0.05, 0.1) is 42.4 Å². The number of para-hydroxylation sites is 2. The van der Waals surface area contributed by atoms with E-state index in [-0.39, 0.29) is 23.7 Å². The van der Waals surface area contributed by atoms with Crippen molar-refractivity contribution in [2.75, 3.05) is 23.8 Å². The molecule has 4 aliphatic rings. The number of fused-ring (bicyclic) bond motifs is 4. The molecule has 0 spiro atoms. The van der Waals surface area contributed by atoms with E-state index in [1.54, 1.807) is 82.4 Å². The fraction of sp³-hybridized carbons (Fsp3) is 0.346. The number of hydrogen-bond acceptors (Lipinski definition) is 19.